The highest BCUT2D eigenvalue weighted by molar-refractivity contribution is 6.10. The van der Waals surface area contributed by atoms with Gasteiger partial charge < -0.3 is 10.6 Å². The first-order valence-corrected chi connectivity index (χ1v) is 6.17. The lowest BCUT2D eigenvalue weighted by atomic mass is 10.2. The second kappa shape index (κ2) is 5.60. The van der Waals surface area contributed by atoms with Crippen LogP contribution in [0.3, 0.4) is 0 Å². The molecule has 0 atom stereocenters. The Balaban J connectivity index is 1.99. The number of amidine groups is 1. The van der Waals surface area contributed by atoms with E-state index in [-0.39, 0.29) is 5.91 Å². The summed E-state index contributed by atoms with van der Waals surface area (Å²) in [5, 5.41) is 5.91. The molecule has 1 amide bonds. The van der Waals surface area contributed by atoms with Gasteiger partial charge in [0.2, 0.25) is 0 Å². The second-order valence-electron chi connectivity index (χ2n) is 4.61. The summed E-state index contributed by atoms with van der Waals surface area (Å²) in [4.78, 5) is 24.4. The zero-order chi connectivity index (χ0) is 13.8. The summed E-state index contributed by atoms with van der Waals surface area (Å²) in [6.45, 7) is 6.22. The molecule has 0 saturated carbocycles. The molecule has 1 aliphatic heterocycles. The molecule has 100 valence electrons. The molecule has 19 heavy (non-hydrogen) atoms. The maximum Gasteiger partial charge on any atom is 0.254 e. The quantitative estimate of drug-likeness (QED) is 0.850. The maximum absolute atomic E-state index is 12.0. The van der Waals surface area contributed by atoms with Crippen LogP contribution in [0.5, 0.6) is 0 Å². The van der Waals surface area contributed by atoms with E-state index < -0.39 is 0 Å². The normalized spacial score (nSPS) is 14.1. The molecule has 0 aromatic carbocycles. The third-order valence-electron chi connectivity index (χ3n) is 2.48. The molecule has 0 spiro atoms. The van der Waals surface area contributed by atoms with Gasteiger partial charge in [0.1, 0.15) is 17.5 Å². The molecule has 2 rings (SSSR count). The highest BCUT2D eigenvalue weighted by Gasteiger charge is 2.16. The summed E-state index contributed by atoms with van der Waals surface area (Å²) < 4.78 is 0. The van der Waals surface area contributed by atoms with E-state index >= 15 is 0 Å². The third-order valence-corrected chi connectivity index (χ3v) is 2.48. The number of amides is 1. The Hall–Kier alpha value is -2.24. The third kappa shape index (κ3) is 3.61. The molecule has 0 bridgehead atoms. The molecular weight excluding hydrogens is 242 g/mol. The minimum absolute atomic E-state index is 0.178. The van der Waals surface area contributed by atoms with E-state index in [1.165, 1.54) is 0 Å². The molecule has 0 aliphatic carbocycles. The molecule has 6 heteroatoms. The molecule has 1 aromatic rings. The highest BCUT2D eigenvalue weighted by atomic mass is 16.1. The Bertz CT molecular complexity index is 548. The van der Waals surface area contributed by atoms with Crippen molar-refractivity contribution >= 4 is 17.6 Å². The zero-order valence-electron chi connectivity index (χ0n) is 11.3. The molecule has 2 heterocycles. The van der Waals surface area contributed by atoms with Crippen molar-refractivity contribution in [2.75, 3.05) is 11.9 Å². The van der Waals surface area contributed by atoms with Crippen molar-refractivity contribution in [1.82, 2.24) is 15.3 Å². The van der Waals surface area contributed by atoms with Gasteiger partial charge in [0.25, 0.3) is 5.91 Å². The largest absolute Gasteiger partial charge is 0.368 e. The van der Waals surface area contributed by atoms with Gasteiger partial charge >= 0.3 is 0 Å². The fraction of sp³-hybridized carbons (Fsp3) is 0.385. The minimum Gasteiger partial charge on any atom is -0.368 e. The van der Waals surface area contributed by atoms with Crippen LogP contribution >= 0.6 is 0 Å². The van der Waals surface area contributed by atoms with Crippen molar-refractivity contribution in [2.45, 2.75) is 26.8 Å². The number of hydrogen-bond donors (Lipinski definition) is 2. The first kappa shape index (κ1) is 13.2. The predicted octanol–water partition coefficient (Wildman–Crippen LogP) is 1.06. The van der Waals surface area contributed by atoms with Crippen molar-refractivity contribution < 1.29 is 4.79 Å². The summed E-state index contributed by atoms with van der Waals surface area (Å²) in [7, 11) is 0. The Kier molecular flexibility index (Phi) is 3.89. The first-order chi connectivity index (χ1) is 9.04. The monoisotopic (exact) mass is 259 g/mol. The Morgan fingerprint density at radius 1 is 1.42 bits per heavy atom. The summed E-state index contributed by atoms with van der Waals surface area (Å²) in [6, 6.07) is 1.95. The lowest BCUT2D eigenvalue weighted by molar-refractivity contribution is -0.112. The summed E-state index contributed by atoms with van der Waals surface area (Å²) in [5.74, 6) is 1.70. The molecule has 1 aromatic heterocycles. The van der Waals surface area contributed by atoms with E-state index in [0.717, 1.165) is 5.84 Å². The summed E-state index contributed by atoms with van der Waals surface area (Å²) >= 11 is 0. The van der Waals surface area contributed by atoms with Crippen molar-refractivity contribution in [1.29, 1.82) is 0 Å². The van der Waals surface area contributed by atoms with Crippen LogP contribution in [0, 0.1) is 6.92 Å². The number of nitrogens with zero attached hydrogens (tertiary/aromatic N) is 3. The number of aliphatic imine (C=N–C) groups is 1. The molecule has 0 radical (unpaired) electrons. The van der Waals surface area contributed by atoms with Gasteiger partial charge in [-0.2, -0.15) is 0 Å². The minimum atomic E-state index is -0.178. The van der Waals surface area contributed by atoms with Crippen LogP contribution in [0.15, 0.2) is 28.9 Å². The van der Waals surface area contributed by atoms with Crippen LogP contribution in [-0.2, 0) is 4.79 Å². The number of aryl methyl sites for hydroxylation is 1. The fourth-order valence-electron chi connectivity index (χ4n) is 1.67. The SMILES string of the molecule is Cc1nccc(NC(=O)C2=CC(NC(C)C)=NC2)n1. The predicted molar refractivity (Wildman–Crippen MR) is 74.1 cm³/mol. The average Bonchev–Trinajstić information content (AvgIpc) is 2.76. The standard InChI is InChI=1S/C13H17N5O/c1-8(2)16-12-6-10(7-15-12)13(19)18-11-4-5-14-9(3)17-11/h4-6,8H,7H2,1-3H3,(H,15,16)(H,14,17,18,19). The van der Waals surface area contributed by atoms with E-state index in [4.69, 9.17) is 0 Å². The van der Waals surface area contributed by atoms with E-state index in [0.29, 0.717) is 29.8 Å². The van der Waals surface area contributed by atoms with Gasteiger partial charge in [0, 0.05) is 17.8 Å². The van der Waals surface area contributed by atoms with E-state index in [2.05, 4.69) is 25.6 Å². The number of aromatic nitrogens is 2. The van der Waals surface area contributed by atoms with Crippen LogP contribution < -0.4 is 10.6 Å². The number of carbonyl (C=O) groups excluding carboxylic acids is 1. The van der Waals surface area contributed by atoms with Gasteiger partial charge in [-0.05, 0) is 32.9 Å². The first-order valence-electron chi connectivity index (χ1n) is 6.17. The number of anilines is 1. The number of nitrogens with one attached hydrogen (secondary N) is 2. The topological polar surface area (TPSA) is 79.3 Å². The van der Waals surface area contributed by atoms with Crippen LogP contribution in [0.4, 0.5) is 5.82 Å². The van der Waals surface area contributed by atoms with Crippen molar-refractivity contribution in [2.24, 2.45) is 4.99 Å². The molecule has 0 fully saturated rings. The van der Waals surface area contributed by atoms with Crippen molar-refractivity contribution in [3.05, 3.63) is 29.7 Å². The lowest BCUT2D eigenvalue weighted by Gasteiger charge is -2.06. The Morgan fingerprint density at radius 2 is 2.21 bits per heavy atom. The van der Waals surface area contributed by atoms with Gasteiger partial charge in [0.05, 0.1) is 6.54 Å². The molecular formula is C13H17N5O. The van der Waals surface area contributed by atoms with Crippen LogP contribution in [0.1, 0.15) is 19.7 Å². The van der Waals surface area contributed by atoms with E-state index in [1.807, 2.05) is 13.8 Å². The van der Waals surface area contributed by atoms with E-state index in [9.17, 15) is 4.79 Å². The molecule has 0 saturated heterocycles. The van der Waals surface area contributed by atoms with Crippen LogP contribution in [0.25, 0.3) is 0 Å². The van der Waals surface area contributed by atoms with Gasteiger partial charge in [0.15, 0.2) is 0 Å². The lowest BCUT2D eigenvalue weighted by Crippen LogP contribution is -2.28. The Labute approximate surface area is 112 Å². The molecule has 6 nitrogen and oxygen atoms in total. The smallest absolute Gasteiger partial charge is 0.254 e. The Morgan fingerprint density at radius 3 is 2.89 bits per heavy atom. The fourth-order valence-corrected chi connectivity index (χ4v) is 1.67. The molecule has 1 aliphatic rings. The highest BCUT2D eigenvalue weighted by Crippen LogP contribution is 2.09. The van der Waals surface area contributed by atoms with Gasteiger partial charge in [-0.25, -0.2) is 9.97 Å². The number of hydrogen-bond acceptors (Lipinski definition) is 5. The van der Waals surface area contributed by atoms with Crippen molar-refractivity contribution in [3.8, 4) is 0 Å². The second-order valence-corrected chi connectivity index (χ2v) is 4.61. The zero-order valence-corrected chi connectivity index (χ0v) is 11.3. The van der Waals surface area contributed by atoms with Gasteiger partial charge in [-0.3, -0.25) is 9.79 Å². The molecule has 2 N–H and O–H groups in total. The van der Waals surface area contributed by atoms with Gasteiger partial charge in [-0.1, -0.05) is 0 Å². The van der Waals surface area contributed by atoms with Gasteiger partial charge in [-0.15, -0.1) is 0 Å². The maximum atomic E-state index is 12.0. The van der Waals surface area contributed by atoms with Crippen LogP contribution in [0.2, 0.25) is 0 Å². The van der Waals surface area contributed by atoms with Crippen LogP contribution in [-0.4, -0.2) is 34.3 Å². The average molecular weight is 259 g/mol. The molecule has 0 unspecified atom stereocenters. The van der Waals surface area contributed by atoms with Crippen molar-refractivity contribution in [3.63, 3.8) is 0 Å². The summed E-state index contributed by atoms with van der Waals surface area (Å²) in [6.07, 6.45) is 3.38. The summed E-state index contributed by atoms with van der Waals surface area (Å²) in [5.41, 5.74) is 0.624. The number of rotatable bonds is 3. The van der Waals surface area contributed by atoms with E-state index in [1.54, 1.807) is 25.3 Å². The number of carbonyl (C=O) groups is 1.